The van der Waals surface area contributed by atoms with Gasteiger partial charge in [0.1, 0.15) is 0 Å². The number of aromatic nitrogens is 2. The van der Waals surface area contributed by atoms with Gasteiger partial charge in [-0.25, -0.2) is 0 Å². The van der Waals surface area contributed by atoms with Crippen molar-refractivity contribution in [1.29, 1.82) is 0 Å². The molecule has 3 nitrogen and oxygen atoms in total. The summed E-state index contributed by atoms with van der Waals surface area (Å²) in [7, 11) is 1.96. The third-order valence-electron chi connectivity index (χ3n) is 2.32. The zero-order valence-corrected chi connectivity index (χ0v) is 10.3. The van der Waals surface area contributed by atoms with Gasteiger partial charge in [0.15, 0.2) is 0 Å². The Morgan fingerprint density at radius 2 is 2.19 bits per heavy atom. The zero-order chi connectivity index (χ0) is 11.5. The summed E-state index contributed by atoms with van der Waals surface area (Å²) in [5, 5.41) is 5.47. The number of rotatable bonds is 3. The van der Waals surface area contributed by atoms with Gasteiger partial charge in [-0.05, 0) is 30.7 Å². The monoisotopic (exact) mass is 233 g/mol. The van der Waals surface area contributed by atoms with Gasteiger partial charge in [-0.2, -0.15) is 5.10 Å². The fourth-order valence-corrected chi connectivity index (χ4v) is 2.54. The van der Waals surface area contributed by atoms with E-state index >= 15 is 0 Å². The molecule has 1 aromatic carbocycles. The minimum atomic E-state index is 0.582. The van der Waals surface area contributed by atoms with E-state index in [1.807, 2.05) is 30.8 Å². The van der Waals surface area contributed by atoms with Gasteiger partial charge >= 0.3 is 0 Å². The first-order valence-corrected chi connectivity index (χ1v) is 5.98. The molecule has 0 radical (unpaired) electrons. The fraction of sp³-hybridized carbons (Fsp3) is 0.250. The summed E-state index contributed by atoms with van der Waals surface area (Å²) in [6.45, 7) is 2.58. The second-order valence-corrected chi connectivity index (χ2v) is 4.79. The summed E-state index contributed by atoms with van der Waals surface area (Å²) in [4.78, 5) is 1.20. The predicted molar refractivity (Wildman–Crippen MR) is 66.4 cm³/mol. The number of hydrogen-bond donors (Lipinski definition) is 1. The maximum atomic E-state index is 5.62. The van der Waals surface area contributed by atoms with Gasteiger partial charge in [0.25, 0.3) is 0 Å². The fourth-order valence-electron chi connectivity index (χ4n) is 1.54. The van der Waals surface area contributed by atoms with Gasteiger partial charge in [-0.1, -0.05) is 23.9 Å². The Balaban J connectivity index is 2.23. The van der Waals surface area contributed by atoms with Crippen molar-refractivity contribution in [2.24, 2.45) is 12.8 Å². The van der Waals surface area contributed by atoms with Crippen molar-refractivity contribution in [2.45, 2.75) is 23.4 Å². The van der Waals surface area contributed by atoms with Crippen molar-refractivity contribution < 1.29 is 0 Å². The minimum Gasteiger partial charge on any atom is -0.326 e. The summed E-state index contributed by atoms with van der Waals surface area (Å²) in [5.41, 5.74) is 7.82. The largest absolute Gasteiger partial charge is 0.326 e. The van der Waals surface area contributed by atoms with Crippen molar-refractivity contribution in [3.05, 3.63) is 41.6 Å². The molecule has 0 atom stereocenters. The molecule has 1 aromatic heterocycles. The van der Waals surface area contributed by atoms with Crippen LogP contribution >= 0.6 is 11.8 Å². The van der Waals surface area contributed by atoms with E-state index in [9.17, 15) is 0 Å². The van der Waals surface area contributed by atoms with Crippen LogP contribution in [-0.2, 0) is 13.6 Å². The Bertz CT molecular complexity index is 491. The van der Waals surface area contributed by atoms with Crippen LogP contribution in [-0.4, -0.2) is 9.78 Å². The predicted octanol–water partition coefficient (Wildman–Crippen LogP) is 2.34. The molecule has 1 heterocycles. The van der Waals surface area contributed by atoms with Crippen LogP contribution in [0.2, 0.25) is 0 Å². The van der Waals surface area contributed by atoms with Crippen molar-refractivity contribution in [2.75, 3.05) is 0 Å². The summed E-state index contributed by atoms with van der Waals surface area (Å²) < 4.78 is 1.90. The normalized spacial score (nSPS) is 10.7. The van der Waals surface area contributed by atoms with E-state index in [1.54, 1.807) is 11.8 Å². The van der Waals surface area contributed by atoms with Crippen molar-refractivity contribution in [3.63, 3.8) is 0 Å². The Morgan fingerprint density at radius 3 is 2.81 bits per heavy atom. The topological polar surface area (TPSA) is 43.8 Å². The summed E-state index contributed by atoms with van der Waals surface area (Å²) >= 11 is 1.71. The molecule has 0 aliphatic carbocycles. The Morgan fingerprint density at radius 1 is 1.38 bits per heavy atom. The van der Waals surface area contributed by atoms with Crippen molar-refractivity contribution >= 4 is 11.8 Å². The number of hydrogen-bond acceptors (Lipinski definition) is 3. The molecule has 0 amide bonds. The first-order valence-electron chi connectivity index (χ1n) is 5.16. The van der Waals surface area contributed by atoms with E-state index in [0.29, 0.717) is 6.54 Å². The van der Waals surface area contributed by atoms with Crippen LogP contribution in [0.15, 0.2) is 40.3 Å². The minimum absolute atomic E-state index is 0.582. The standard InChI is InChI=1S/C12H15N3S/c1-9-6-12(15(2)14-9)16-11-5-3-4-10(7-11)8-13/h3-7H,8,13H2,1-2H3. The molecule has 0 saturated carbocycles. The first kappa shape index (κ1) is 11.2. The Labute approximate surface area is 99.7 Å². The van der Waals surface area contributed by atoms with Gasteiger partial charge in [0.2, 0.25) is 0 Å². The van der Waals surface area contributed by atoms with Crippen LogP contribution in [0.4, 0.5) is 0 Å². The molecule has 0 unspecified atom stereocenters. The molecule has 2 aromatic rings. The molecule has 84 valence electrons. The molecule has 0 fully saturated rings. The summed E-state index contributed by atoms with van der Waals surface area (Å²) in [6, 6.07) is 10.4. The van der Waals surface area contributed by atoms with Crippen LogP contribution in [0.5, 0.6) is 0 Å². The van der Waals surface area contributed by atoms with Crippen LogP contribution in [0, 0.1) is 6.92 Å². The maximum absolute atomic E-state index is 5.62. The highest BCUT2D eigenvalue weighted by Gasteiger charge is 2.04. The third-order valence-corrected chi connectivity index (χ3v) is 3.40. The van der Waals surface area contributed by atoms with Crippen LogP contribution in [0.1, 0.15) is 11.3 Å². The lowest BCUT2D eigenvalue weighted by Crippen LogP contribution is -1.96. The van der Waals surface area contributed by atoms with E-state index in [4.69, 9.17) is 5.73 Å². The third kappa shape index (κ3) is 2.46. The van der Waals surface area contributed by atoms with E-state index in [0.717, 1.165) is 16.3 Å². The smallest absolute Gasteiger partial charge is 0.0986 e. The molecule has 0 bridgehead atoms. The lowest BCUT2D eigenvalue weighted by molar-refractivity contribution is 0.692. The van der Waals surface area contributed by atoms with Crippen LogP contribution in [0.25, 0.3) is 0 Å². The Kier molecular flexibility index (Phi) is 3.31. The SMILES string of the molecule is Cc1cc(Sc2cccc(CN)c2)n(C)n1. The van der Waals surface area contributed by atoms with E-state index < -0.39 is 0 Å². The summed E-state index contributed by atoms with van der Waals surface area (Å²) in [5.74, 6) is 0. The average Bonchev–Trinajstić information content (AvgIpc) is 2.58. The van der Waals surface area contributed by atoms with E-state index in [-0.39, 0.29) is 0 Å². The molecule has 4 heteroatoms. The zero-order valence-electron chi connectivity index (χ0n) is 9.47. The molecule has 2 rings (SSSR count). The van der Waals surface area contributed by atoms with E-state index in [1.165, 1.54) is 4.90 Å². The molecular weight excluding hydrogens is 218 g/mol. The van der Waals surface area contributed by atoms with Gasteiger partial charge in [0.05, 0.1) is 10.7 Å². The highest BCUT2D eigenvalue weighted by Crippen LogP contribution is 2.28. The summed E-state index contributed by atoms with van der Waals surface area (Å²) in [6.07, 6.45) is 0. The second-order valence-electron chi connectivity index (χ2n) is 3.70. The van der Waals surface area contributed by atoms with Gasteiger partial charge < -0.3 is 5.73 Å². The second kappa shape index (κ2) is 4.72. The molecular formula is C12H15N3S. The first-order chi connectivity index (χ1) is 7.69. The van der Waals surface area contributed by atoms with Gasteiger partial charge in [-0.15, -0.1) is 0 Å². The van der Waals surface area contributed by atoms with Gasteiger partial charge in [-0.3, -0.25) is 4.68 Å². The molecule has 0 aliphatic rings. The lowest BCUT2D eigenvalue weighted by atomic mass is 10.2. The maximum Gasteiger partial charge on any atom is 0.0986 e. The lowest BCUT2D eigenvalue weighted by Gasteiger charge is -2.03. The quantitative estimate of drug-likeness (QED) is 0.885. The molecule has 2 N–H and O–H groups in total. The van der Waals surface area contributed by atoms with E-state index in [2.05, 4.69) is 23.3 Å². The van der Waals surface area contributed by atoms with Gasteiger partial charge in [0, 0.05) is 18.5 Å². The number of nitrogens with zero attached hydrogens (tertiary/aromatic N) is 2. The van der Waals surface area contributed by atoms with Crippen molar-refractivity contribution in [1.82, 2.24) is 9.78 Å². The van der Waals surface area contributed by atoms with Crippen LogP contribution < -0.4 is 5.73 Å². The number of nitrogens with two attached hydrogens (primary N) is 1. The van der Waals surface area contributed by atoms with Crippen LogP contribution in [0.3, 0.4) is 0 Å². The highest BCUT2D eigenvalue weighted by molar-refractivity contribution is 7.99. The highest BCUT2D eigenvalue weighted by atomic mass is 32.2. The molecule has 0 aliphatic heterocycles. The average molecular weight is 233 g/mol. The molecule has 0 spiro atoms. The number of aryl methyl sites for hydroxylation is 2. The Hall–Kier alpha value is -1.26. The van der Waals surface area contributed by atoms with Crippen molar-refractivity contribution in [3.8, 4) is 0 Å². The molecule has 16 heavy (non-hydrogen) atoms. The molecule has 0 saturated heterocycles. The number of benzene rings is 1.